The molecule has 0 aliphatic carbocycles. The third-order valence-corrected chi connectivity index (χ3v) is 3.99. The van der Waals surface area contributed by atoms with Crippen LogP contribution in [0.5, 0.6) is 0 Å². The van der Waals surface area contributed by atoms with E-state index in [0.29, 0.717) is 39.2 Å². The standard InChI is InChI=1S/C17H26N3O3.BrH/c1-2-23-17(22)20-14-12-19(13-15-20)16(21)8-4-7-11-18-9-5-3-6-10-18;/h3,5-6,9-10H,2,4,7-8,11-15H2,1H3;1H/q+1;/p-1. The number of pyridine rings is 1. The quantitative estimate of drug-likeness (QED) is 0.429. The molecule has 0 radical (unpaired) electrons. The van der Waals surface area contributed by atoms with E-state index in [2.05, 4.69) is 4.57 Å². The molecule has 1 saturated heterocycles. The summed E-state index contributed by atoms with van der Waals surface area (Å²) in [6.45, 7) is 5.44. The molecule has 0 N–H and O–H groups in total. The van der Waals surface area contributed by atoms with Gasteiger partial charge in [-0.2, -0.15) is 0 Å². The zero-order valence-electron chi connectivity index (χ0n) is 14.2. The van der Waals surface area contributed by atoms with Crippen LogP contribution in [0.15, 0.2) is 30.6 Å². The minimum atomic E-state index is -0.278. The number of amides is 2. The molecule has 134 valence electrons. The fourth-order valence-electron chi connectivity index (χ4n) is 2.67. The van der Waals surface area contributed by atoms with Crippen LogP contribution in [0, 0.1) is 0 Å². The van der Waals surface area contributed by atoms with E-state index < -0.39 is 0 Å². The Morgan fingerprint density at radius 2 is 1.62 bits per heavy atom. The van der Waals surface area contributed by atoms with E-state index in [-0.39, 0.29) is 29.0 Å². The molecule has 2 rings (SSSR count). The van der Waals surface area contributed by atoms with Gasteiger partial charge in [0.2, 0.25) is 5.91 Å². The van der Waals surface area contributed by atoms with E-state index in [0.717, 1.165) is 19.4 Å². The van der Waals surface area contributed by atoms with Gasteiger partial charge in [0.25, 0.3) is 0 Å². The Hall–Kier alpha value is -1.63. The van der Waals surface area contributed by atoms with Gasteiger partial charge in [-0.1, -0.05) is 6.07 Å². The van der Waals surface area contributed by atoms with E-state index in [1.165, 1.54) is 0 Å². The average molecular weight is 400 g/mol. The lowest BCUT2D eigenvalue weighted by Crippen LogP contribution is -3.00. The summed E-state index contributed by atoms with van der Waals surface area (Å²) < 4.78 is 7.11. The number of halogens is 1. The zero-order chi connectivity index (χ0) is 16.5. The summed E-state index contributed by atoms with van der Waals surface area (Å²) >= 11 is 0. The van der Waals surface area contributed by atoms with Gasteiger partial charge in [-0.3, -0.25) is 4.79 Å². The van der Waals surface area contributed by atoms with Crippen molar-refractivity contribution < 1.29 is 35.9 Å². The Morgan fingerprint density at radius 3 is 2.25 bits per heavy atom. The molecule has 6 nitrogen and oxygen atoms in total. The van der Waals surface area contributed by atoms with E-state index in [1.807, 2.05) is 35.5 Å². The smallest absolute Gasteiger partial charge is 0.409 e. The lowest BCUT2D eigenvalue weighted by Gasteiger charge is -2.34. The number of carbonyl (C=O) groups is 2. The molecule has 24 heavy (non-hydrogen) atoms. The van der Waals surface area contributed by atoms with Gasteiger partial charge in [0.1, 0.15) is 6.54 Å². The number of nitrogens with zero attached hydrogens (tertiary/aromatic N) is 3. The summed E-state index contributed by atoms with van der Waals surface area (Å²) in [7, 11) is 0. The molecule has 1 fully saturated rings. The van der Waals surface area contributed by atoms with Crippen molar-refractivity contribution in [2.75, 3.05) is 32.8 Å². The average Bonchev–Trinajstić information content (AvgIpc) is 2.60. The van der Waals surface area contributed by atoms with Crippen molar-refractivity contribution in [3.8, 4) is 0 Å². The van der Waals surface area contributed by atoms with Gasteiger partial charge in [0, 0.05) is 51.2 Å². The highest BCUT2D eigenvalue weighted by atomic mass is 79.9. The molecule has 0 saturated carbocycles. The minimum absolute atomic E-state index is 0. The van der Waals surface area contributed by atoms with Gasteiger partial charge in [-0.05, 0) is 13.3 Å². The lowest BCUT2D eigenvalue weighted by molar-refractivity contribution is -0.697. The highest BCUT2D eigenvalue weighted by Crippen LogP contribution is 2.07. The predicted octanol–water partition coefficient (Wildman–Crippen LogP) is -1.55. The molecule has 1 aromatic rings. The molecule has 7 heteroatoms. The Bertz CT molecular complexity index is 505. The van der Waals surface area contributed by atoms with Crippen molar-refractivity contribution in [2.24, 2.45) is 0 Å². The van der Waals surface area contributed by atoms with Crippen LogP contribution in [-0.4, -0.2) is 54.6 Å². The second kappa shape index (κ2) is 11.0. The Morgan fingerprint density at radius 1 is 1.00 bits per heavy atom. The van der Waals surface area contributed by atoms with Crippen molar-refractivity contribution in [2.45, 2.75) is 32.7 Å². The van der Waals surface area contributed by atoms with Crippen LogP contribution < -0.4 is 21.5 Å². The minimum Gasteiger partial charge on any atom is -1.00 e. The van der Waals surface area contributed by atoms with Crippen molar-refractivity contribution >= 4 is 12.0 Å². The summed E-state index contributed by atoms with van der Waals surface area (Å²) in [5.74, 6) is 0.187. The Balaban J connectivity index is 0.00000288. The summed E-state index contributed by atoms with van der Waals surface area (Å²) in [4.78, 5) is 27.3. The highest BCUT2D eigenvalue weighted by molar-refractivity contribution is 5.76. The summed E-state index contributed by atoms with van der Waals surface area (Å²) in [5.41, 5.74) is 0. The molecule has 2 amide bonds. The van der Waals surface area contributed by atoms with Crippen LogP contribution >= 0.6 is 0 Å². The first-order chi connectivity index (χ1) is 11.2. The number of carbonyl (C=O) groups excluding carboxylic acids is 2. The third-order valence-electron chi connectivity index (χ3n) is 3.99. The lowest BCUT2D eigenvalue weighted by atomic mass is 10.2. The van der Waals surface area contributed by atoms with Crippen LogP contribution in [0.1, 0.15) is 26.2 Å². The van der Waals surface area contributed by atoms with Crippen LogP contribution in [0.4, 0.5) is 4.79 Å². The van der Waals surface area contributed by atoms with Crippen LogP contribution in [0.3, 0.4) is 0 Å². The number of aryl methyl sites for hydroxylation is 1. The summed E-state index contributed by atoms with van der Waals surface area (Å²) in [5, 5.41) is 0. The SMILES string of the molecule is CCOC(=O)N1CCN(C(=O)CCCC[n+]2ccccc2)CC1.[Br-]. The number of piperazine rings is 1. The number of ether oxygens (including phenoxy) is 1. The fourth-order valence-corrected chi connectivity index (χ4v) is 2.67. The maximum atomic E-state index is 12.2. The van der Waals surface area contributed by atoms with E-state index in [1.54, 1.807) is 11.8 Å². The fraction of sp³-hybridized carbons (Fsp3) is 0.588. The van der Waals surface area contributed by atoms with Gasteiger partial charge < -0.3 is 31.5 Å². The number of unbranched alkanes of at least 4 members (excludes halogenated alkanes) is 1. The van der Waals surface area contributed by atoms with Crippen LogP contribution in [-0.2, 0) is 16.1 Å². The maximum Gasteiger partial charge on any atom is 0.409 e. The molecule has 2 heterocycles. The van der Waals surface area contributed by atoms with E-state index in [9.17, 15) is 9.59 Å². The molecule has 1 aliphatic rings. The van der Waals surface area contributed by atoms with E-state index >= 15 is 0 Å². The maximum absolute atomic E-state index is 12.2. The first-order valence-corrected chi connectivity index (χ1v) is 8.34. The number of rotatable bonds is 6. The summed E-state index contributed by atoms with van der Waals surface area (Å²) in [6, 6.07) is 6.01. The van der Waals surface area contributed by atoms with Gasteiger partial charge >= 0.3 is 6.09 Å². The predicted molar refractivity (Wildman–Crippen MR) is 85.7 cm³/mol. The van der Waals surface area contributed by atoms with Crippen molar-refractivity contribution in [1.29, 1.82) is 0 Å². The molecule has 1 aliphatic heterocycles. The zero-order valence-corrected chi connectivity index (χ0v) is 15.8. The Labute approximate surface area is 154 Å². The van der Waals surface area contributed by atoms with Crippen molar-refractivity contribution in [1.82, 2.24) is 9.80 Å². The number of hydrogen-bond acceptors (Lipinski definition) is 3. The topological polar surface area (TPSA) is 53.7 Å². The monoisotopic (exact) mass is 399 g/mol. The molecule has 0 atom stereocenters. The third kappa shape index (κ3) is 6.47. The molecule has 0 unspecified atom stereocenters. The van der Waals surface area contributed by atoms with Gasteiger partial charge in [-0.15, -0.1) is 0 Å². The second-order valence-corrected chi connectivity index (χ2v) is 5.64. The van der Waals surface area contributed by atoms with Crippen LogP contribution in [0.2, 0.25) is 0 Å². The van der Waals surface area contributed by atoms with Crippen molar-refractivity contribution in [3.63, 3.8) is 0 Å². The Kier molecular flexibility index (Phi) is 9.37. The largest absolute Gasteiger partial charge is 1.00 e. The first-order valence-electron chi connectivity index (χ1n) is 8.34. The number of hydrogen-bond donors (Lipinski definition) is 0. The first kappa shape index (κ1) is 20.4. The van der Waals surface area contributed by atoms with Gasteiger partial charge in [0.05, 0.1) is 6.61 Å². The van der Waals surface area contributed by atoms with Crippen molar-refractivity contribution in [3.05, 3.63) is 30.6 Å². The molecule has 0 bridgehead atoms. The molecule has 0 aromatic carbocycles. The second-order valence-electron chi connectivity index (χ2n) is 5.64. The summed E-state index contributed by atoms with van der Waals surface area (Å²) in [6.07, 6.45) is 6.25. The molecule has 0 spiro atoms. The van der Waals surface area contributed by atoms with E-state index in [4.69, 9.17) is 4.74 Å². The molecular weight excluding hydrogens is 374 g/mol. The molecular formula is C17H26BrN3O3. The van der Waals surface area contributed by atoms with Crippen LogP contribution in [0.25, 0.3) is 0 Å². The number of aromatic nitrogens is 1. The molecule has 1 aromatic heterocycles. The van der Waals surface area contributed by atoms with Gasteiger partial charge in [0.15, 0.2) is 12.4 Å². The normalized spacial score (nSPS) is 14.0. The van der Waals surface area contributed by atoms with Gasteiger partial charge in [-0.25, -0.2) is 9.36 Å². The highest BCUT2D eigenvalue weighted by Gasteiger charge is 2.24.